The van der Waals surface area contributed by atoms with E-state index in [4.69, 9.17) is 9.47 Å². The molecule has 1 amide bonds. The number of aryl methyl sites for hydroxylation is 1. The molecule has 0 bridgehead atoms. The number of carbonyl (C=O) groups is 1. The van der Waals surface area contributed by atoms with Crippen LogP contribution in [0.2, 0.25) is 0 Å². The van der Waals surface area contributed by atoms with Gasteiger partial charge in [-0.15, -0.1) is 0 Å². The van der Waals surface area contributed by atoms with Crippen molar-refractivity contribution in [2.24, 2.45) is 12.0 Å². The number of benzene rings is 3. The highest BCUT2D eigenvalue weighted by molar-refractivity contribution is 7.89. The summed E-state index contributed by atoms with van der Waals surface area (Å²) in [5.41, 5.74) is 3.41. The Morgan fingerprint density at radius 3 is 2.49 bits per heavy atom. The van der Waals surface area contributed by atoms with Crippen LogP contribution in [0, 0.1) is 0 Å². The van der Waals surface area contributed by atoms with Gasteiger partial charge < -0.3 is 14.0 Å². The number of sulfonamides is 1. The molecule has 2 aliphatic rings. The molecule has 0 N–H and O–H groups in total. The van der Waals surface area contributed by atoms with Crippen molar-refractivity contribution >= 4 is 37.5 Å². The van der Waals surface area contributed by atoms with E-state index in [9.17, 15) is 13.2 Å². The average Bonchev–Trinajstić information content (AvgIpc) is 3.46. The number of thiazole rings is 1. The summed E-state index contributed by atoms with van der Waals surface area (Å²) in [5.74, 6) is 0.895. The molecule has 3 heterocycles. The first kappa shape index (κ1) is 22.0. The fraction of sp³-hybridized carbons (Fsp3) is 0.200. The molecule has 4 aromatic rings. The van der Waals surface area contributed by atoms with E-state index in [1.165, 1.54) is 45.5 Å². The van der Waals surface area contributed by atoms with Crippen molar-refractivity contribution < 1.29 is 22.7 Å². The highest BCUT2D eigenvalue weighted by Gasteiger charge is 2.28. The summed E-state index contributed by atoms with van der Waals surface area (Å²) in [6.07, 6.45) is 0.679. The highest BCUT2D eigenvalue weighted by atomic mass is 32.2. The van der Waals surface area contributed by atoms with Gasteiger partial charge in [0.25, 0.3) is 5.91 Å². The van der Waals surface area contributed by atoms with Crippen LogP contribution in [0.1, 0.15) is 21.5 Å². The van der Waals surface area contributed by atoms with Crippen molar-refractivity contribution in [2.45, 2.75) is 17.9 Å². The number of nitrogens with zero attached hydrogens (tertiary/aromatic N) is 3. The molecule has 0 atom stereocenters. The van der Waals surface area contributed by atoms with Gasteiger partial charge in [-0.25, -0.2) is 8.42 Å². The fourth-order valence-corrected chi connectivity index (χ4v) is 6.81. The highest BCUT2D eigenvalue weighted by Crippen LogP contribution is 2.36. The summed E-state index contributed by atoms with van der Waals surface area (Å²) in [7, 11) is -1.84. The first-order valence-electron chi connectivity index (χ1n) is 11.1. The predicted octanol–water partition coefficient (Wildman–Crippen LogP) is 3.46. The molecule has 178 valence electrons. The Balaban J connectivity index is 1.26. The van der Waals surface area contributed by atoms with Crippen molar-refractivity contribution in [3.63, 3.8) is 0 Å². The second-order valence-electron chi connectivity index (χ2n) is 8.42. The summed E-state index contributed by atoms with van der Waals surface area (Å²) in [6, 6.07) is 17.6. The van der Waals surface area contributed by atoms with E-state index < -0.39 is 15.9 Å². The molecule has 6 rings (SSSR count). The Bertz CT molecular complexity index is 1650. The van der Waals surface area contributed by atoms with Gasteiger partial charge in [-0.3, -0.25) is 4.79 Å². The lowest BCUT2D eigenvalue weighted by Gasteiger charge is -2.28. The van der Waals surface area contributed by atoms with E-state index in [0.29, 0.717) is 41.4 Å². The van der Waals surface area contributed by atoms with Crippen LogP contribution in [0.15, 0.2) is 70.6 Å². The van der Waals surface area contributed by atoms with E-state index in [-0.39, 0.29) is 11.7 Å². The predicted molar refractivity (Wildman–Crippen MR) is 131 cm³/mol. The smallest absolute Gasteiger partial charge is 0.279 e. The number of fused-ring (bicyclic) bond motifs is 3. The maximum atomic E-state index is 13.2. The third-order valence-electron chi connectivity index (χ3n) is 6.34. The van der Waals surface area contributed by atoms with Crippen molar-refractivity contribution in [2.75, 3.05) is 13.3 Å². The molecular formula is C25H21N3O5S2. The van der Waals surface area contributed by atoms with E-state index in [1.54, 1.807) is 0 Å². The minimum Gasteiger partial charge on any atom is -0.454 e. The van der Waals surface area contributed by atoms with Crippen LogP contribution >= 0.6 is 11.3 Å². The Morgan fingerprint density at radius 1 is 1.00 bits per heavy atom. The summed E-state index contributed by atoms with van der Waals surface area (Å²) in [4.78, 5) is 17.8. The SMILES string of the molecule is Cn1c(=NC(=O)c2ccc(S(=O)(=O)N3CCc4ccccc4C3)cc2)sc2cc3c(cc21)OCO3. The number of rotatable bonds is 3. The Hall–Kier alpha value is -3.47. The van der Waals surface area contributed by atoms with Crippen LogP contribution in [0.5, 0.6) is 11.5 Å². The molecule has 0 spiro atoms. The fourth-order valence-electron chi connectivity index (χ4n) is 4.37. The van der Waals surface area contributed by atoms with Crippen LogP contribution in [0.3, 0.4) is 0 Å². The largest absolute Gasteiger partial charge is 0.454 e. The molecule has 0 saturated heterocycles. The number of ether oxygens (including phenoxy) is 2. The molecule has 3 aromatic carbocycles. The Morgan fingerprint density at radius 2 is 1.71 bits per heavy atom. The third kappa shape index (κ3) is 3.83. The third-order valence-corrected chi connectivity index (χ3v) is 9.29. The summed E-state index contributed by atoms with van der Waals surface area (Å²) in [5, 5.41) is 0. The molecule has 35 heavy (non-hydrogen) atoms. The van der Waals surface area contributed by atoms with Gasteiger partial charge in [-0.2, -0.15) is 9.30 Å². The summed E-state index contributed by atoms with van der Waals surface area (Å²) in [6.45, 7) is 0.969. The molecular weight excluding hydrogens is 486 g/mol. The topological polar surface area (TPSA) is 90.2 Å². The van der Waals surface area contributed by atoms with Gasteiger partial charge in [0.2, 0.25) is 16.8 Å². The minimum atomic E-state index is -3.67. The zero-order valence-electron chi connectivity index (χ0n) is 18.8. The molecule has 0 radical (unpaired) electrons. The zero-order valence-corrected chi connectivity index (χ0v) is 20.4. The van der Waals surface area contributed by atoms with Crippen LogP contribution in [0.25, 0.3) is 10.2 Å². The second-order valence-corrected chi connectivity index (χ2v) is 11.4. The average molecular weight is 508 g/mol. The second kappa shape index (κ2) is 8.33. The van der Waals surface area contributed by atoms with Gasteiger partial charge in [0.05, 0.1) is 15.1 Å². The van der Waals surface area contributed by atoms with Gasteiger partial charge in [0.1, 0.15) is 0 Å². The van der Waals surface area contributed by atoms with Gasteiger partial charge in [0, 0.05) is 37.8 Å². The molecule has 2 aliphatic heterocycles. The standard InChI is InChI=1S/C25H21N3O5S2/c1-27-20-12-21-22(33-15-32-21)13-23(20)34-25(27)26-24(29)17-6-8-19(9-7-17)35(30,31)28-11-10-16-4-2-3-5-18(16)14-28/h2-9,12-13H,10-11,14-15H2,1H3. The van der Waals surface area contributed by atoms with Gasteiger partial charge >= 0.3 is 0 Å². The van der Waals surface area contributed by atoms with E-state index in [0.717, 1.165) is 15.8 Å². The summed E-state index contributed by atoms with van der Waals surface area (Å²) >= 11 is 1.37. The van der Waals surface area contributed by atoms with Gasteiger partial charge in [-0.1, -0.05) is 35.6 Å². The Kier molecular flexibility index (Phi) is 5.24. The number of carbonyl (C=O) groups excluding carboxylic acids is 1. The maximum Gasteiger partial charge on any atom is 0.279 e. The molecule has 0 fully saturated rings. The van der Waals surface area contributed by atoms with Crippen LogP contribution in [0.4, 0.5) is 0 Å². The lowest BCUT2D eigenvalue weighted by molar-refractivity contribution is 0.0998. The number of amides is 1. The molecule has 0 saturated carbocycles. The monoisotopic (exact) mass is 507 g/mol. The van der Waals surface area contributed by atoms with E-state index >= 15 is 0 Å². The van der Waals surface area contributed by atoms with Gasteiger partial charge in [0.15, 0.2) is 16.3 Å². The van der Waals surface area contributed by atoms with E-state index in [1.807, 2.05) is 48.0 Å². The lowest BCUT2D eigenvalue weighted by Crippen LogP contribution is -2.35. The lowest BCUT2D eigenvalue weighted by atomic mass is 10.0. The zero-order chi connectivity index (χ0) is 24.2. The molecule has 1 aromatic heterocycles. The quantitative estimate of drug-likeness (QED) is 0.424. The van der Waals surface area contributed by atoms with Crippen molar-refractivity contribution in [3.05, 3.63) is 82.2 Å². The number of hydrogen-bond acceptors (Lipinski definition) is 6. The normalized spacial score (nSPS) is 16.0. The molecule has 8 nitrogen and oxygen atoms in total. The number of hydrogen-bond donors (Lipinski definition) is 0. The van der Waals surface area contributed by atoms with Crippen LogP contribution in [-0.4, -0.2) is 36.5 Å². The van der Waals surface area contributed by atoms with Crippen molar-refractivity contribution in [1.82, 2.24) is 8.87 Å². The maximum absolute atomic E-state index is 13.2. The number of aromatic nitrogens is 1. The molecule has 0 unspecified atom stereocenters. The van der Waals surface area contributed by atoms with Crippen molar-refractivity contribution in [1.29, 1.82) is 0 Å². The minimum absolute atomic E-state index is 0.162. The van der Waals surface area contributed by atoms with E-state index in [2.05, 4.69) is 4.99 Å². The first-order chi connectivity index (χ1) is 16.9. The van der Waals surface area contributed by atoms with Crippen LogP contribution in [-0.2, 0) is 30.0 Å². The van der Waals surface area contributed by atoms with Crippen molar-refractivity contribution in [3.8, 4) is 11.5 Å². The first-order valence-corrected chi connectivity index (χ1v) is 13.3. The Labute approximate surface area is 205 Å². The molecule has 10 heteroatoms. The van der Waals surface area contributed by atoms with Crippen LogP contribution < -0.4 is 14.3 Å². The molecule has 0 aliphatic carbocycles. The summed E-state index contributed by atoms with van der Waals surface area (Å²) < 4.78 is 41.5. The van der Waals surface area contributed by atoms with Gasteiger partial charge in [-0.05, 0) is 41.8 Å².